The highest BCUT2D eigenvalue weighted by molar-refractivity contribution is 5.79. The summed E-state index contributed by atoms with van der Waals surface area (Å²) in [7, 11) is 0. The molecule has 0 aromatic rings. The fourth-order valence-electron chi connectivity index (χ4n) is 11.5. The molecule has 0 heterocycles. The van der Waals surface area contributed by atoms with E-state index in [2.05, 4.69) is 20.8 Å². The summed E-state index contributed by atoms with van der Waals surface area (Å²) in [6.45, 7) is 14.9. The smallest absolute Gasteiger partial charge is 0.309 e. The van der Waals surface area contributed by atoms with Gasteiger partial charge in [-0.2, -0.15) is 0 Å². The summed E-state index contributed by atoms with van der Waals surface area (Å²) in [6.07, 6.45) is 21.8. The van der Waals surface area contributed by atoms with Crippen molar-refractivity contribution in [1.29, 1.82) is 0 Å². The van der Waals surface area contributed by atoms with Crippen molar-refractivity contribution in [2.24, 2.45) is 52.3 Å². The standard InChI is InChI=1S/C48H76O9/c1-8-10-12-14-44(51)55-31-39(32-56-45(52)15-13-11-9-2)57-46(53)29-34(4)17-16-33(3)28-37(50)24-27-54-38-22-25-47(6)36(30-38)18-19-40-42-21-20-41(35(5)49)48(42,7)26-23-43(40)47/h10-13,33-34,36,38-43H,8-9,14-32H2,1-7H3/b12-10-,13-11-/t33?,34?,36-,38+,40-,41+,42-,43-,47-,48+/m0/s1. The minimum atomic E-state index is -0.891. The number of ether oxygens (including phenoxy) is 4. The van der Waals surface area contributed by atoms with E-state index in [0.717, 1.165) is 56.8 Å². The summed E-state index contributed by atoms with van der Waals surface area (Å²) >= 11 is 0. The number of ketones is 2. The van der Waals surface area contributed by atoms with Crippen LogP contribution in [0.25, 0.3) is 0 Å². The number of allylic oxidation sites excluding steroid dienone is 2. The molecule has 0 spiro atoms. The van der Waals surface area contributed by atoms with Gasteiger partial charge < -0.3 is 18.9 Å². The van der Waals surface area contributed by atoms with Gasteiger partial charge in [-0.05, 0) is 130 Å². The minimum absolute atomic E-state index is 0.0308. The Kier molecular flexibility index (Phi) is 18.5. The van der Waals surface area contributed by atoms with Crippen LogP contribution in [0.3, 0.4) is 0 Å². The number of Topliss-reactive ketones (excluding diaryl/α,β-unsaturated/α-hetero) is 2. The number of carbonyl (C=O) groups is 5. The van der Waals surface area contributed by atoms with Gasteiger partial charge in [0.2, 0.25) is 0 Å². The van der Waals surface area contributed by atoms with E-state index in [1.165, 1.54) is 38.5 Å². The molecule has 0 amide bonds. The van der Waals surface area contributed by atoms with Gasteiger partial charge in [0, 0.05) is 25.2 Å². The van der Waals surface area contributed by atoms with E-state index in [-0.39, 0.29) is 67.5 Å². The molecule has 0 saturated heterocycles. The molecule has 0 aliphatic heterocycles. The van der Waals surface area contributed by atoms with Gasteiger partial charge in [0.15, 0.2) is 6.10 Å². The quantitative estimate of drug-likeness (QED) is 0.0565. The molecule has 0 radical (unpaired) electrons. The fourth-order valence-corrected chi connectivity index (χ4v) is 11.5. The normalized spacial score (nSPS) is 30.7. The number of hydrogen-bond acceptors (Lipinski definition) is 9. The molecule has 0 bridgehead atoms. The summed E-state index contributed by atoms with van der Waals surface area (Å²) < 4.78 is 22.6. The maximum absolute atomic E-state index is 13.0. The van der Waals surface area contributed by atoms with Crippen molar-refractivity contribution in [1.82, 2.24) is 0 Å². The van der Waals surface area contributed by atoms with Gasteiger partial charge in [0.1, 0.15) is 24.8 Å². The highest BCUT2D eigenvalue weighted by Crippen LogP contribution is 2.67. The van der Waals surface area contributed by atoms with Crippen molar-refractivity contribution >= 4 is 29.5 Å². The van der Waals surface area contributed by atoms with Crippen LogP contribution >= 0.6 is 0 Å². The number of carbonyl (C=O) groups excluding carboxylic acids is 5. The molecule has 4 aliphatic carbocycles. The zero-order valence-electron chi connectivity index (χ0n) is 36.5. The Hall–Kier alpha value is -2.81. The monoisotopic (exact) mass is 797 g/mol. The van der Waals surface area contributed by atoms with Gasteiger partial charge >= 0.3 is 17.9 Å². The minimum Gasteiger partial charge on any atom is -0.461 e. The largest absolute Gasteiger partial charge is 0.461 e. The maximum Gasteiger partial charge on any atom is 0.309 e. The molecule has 57 heavy (non-hydrogen) atoms. The zero-order chi connectivity index (χ0) is 41.6. The molecule has 4 rings (SSSR count). The first kappa shape index (κ1) is 46.9. The van der Waals surface area contributed by atoms with Crippen LogP contribution in [0.15, 0.2) is 24.3 Å². The van der Waals surface area contributed by atoms with Gasteiger partial charge in [0.05, 0.1) is 25.6 Å². The molecule has 4 fully saturated rings. The second kappa shape index (κ2) is 22.5. The van der Waals surface area contributed by atoms with Crippen LogP contribution in [0.4, 0.5) is 0 Å². The fraction of sp³-hybridized carbons (Fsp3) is 0.812. The summed E-state index contributed by atoms with van der Waals surface area (Å²) in [4.78, 5) is 62.6. The molecule has 0 aromatic carbocycles. The predicted octanol–water partition coefficient (Wildman–Crippen LogP) is 10.1. The van der Waals surface area contributed by atoms with Crippen molar-refractivity contribution in [3.63, 3.8) is 0 Å². The van der Waals surface area contributed by atoms with E-state index in [0.29, 0.717) is 42.5 Å². The molecule has 4 saturated carbocycles. The maximum atomic E-state index is 13.0. The lowest BCUT2D eigenvalue weighted by atomic mass is 9.44. The molecule has 0 N–H and O–H groups in total. The van der Waals surface area contributed by atoms with Crippen LogP contribution < -0.4 is 0 Å². The van der Waals surface area contributed by atoms with Gasteiger partial charge in [-0.15, -0.1) is 0 Å². The molecule has 9 heteroatoms. The average Bonchev–Trinajstić information content (AvgIpc) is 3.53. The van der Waals surface area contributed by atoms with E-state index in [4.69, 9.17) is 18.9 Å². The number of fused-ring (bicyclic) bond motifs is 5. The van der Waals surface area contributed by atoms with Crippen LogP contribution in [-0.2, 0) is 42.9 Å². The number of hydrogen-bond donors (Lipinski definition) is 0. The Bertz CT molecular complexity index is 1370. The van der Waals surface area contributed by atoms with Crippen molar-refractivity contribution in [2.45, 2.75) is 176 Å². The SMILES string of the molecule is CC/C=C\CC(=O)OCC(COC(=O)C/C=C\CC)OC(=O)CC(C)CCC(C)CC(=O)CCO[C@@H]1CC[C@@]2(C)[C@@H](CC[C@@H]3[C@@H]2CC[C@]2(C)[C@@H](C(C)=O)CC[C@@H]32)C1. The number of esters is 3. The second-order valence-electron chi connectivity index (χ2n) is 18.8. The van der Waals surface area contributed by atoms with Gasteiger partial charge in [0.25, 0.3) is 0 Å². The third-order valence-electron chi connectivity index (χ3n) is 14.6. The van der Waals surface area contributed by atoms with Crippen LogP contribution in [0, 0.1) is 52.3 Å². The molecule has 322 valence electrons. The highest BCUT2D eigenvalue weighted by Gasteiger charge is 2.60. The molecule has 4 aliphatic rings. The third-order valence-corrected chi connectivity index (χ3v) is 14.6. The Balaban J connectivity index is 1.13. The Morgan fingerprint density at radius 1 is 0.702 bits per heavy atom. The van der Waals surface area contributed by atoms with E-state index in [9.17, 15) is 24.0 Å². The first-order valence-electron chi connectivity index (χ1n) is 22.6. The molecular weight excluding hydrogens is 721 g/mol. The van der Waals surface area contributed by atoms with Crippen LogP contribution in [0.2, 0.25) is 0 Å². The van der Waals surface area contributed by atoms with E-state index >= 15 is 0 Å². The van der Waals surface area contributed by atoms with Gasteiger partial charge in [-0.25, -0.2) is 0 Å². The third kappa shape index (κ3) is 13.3. The lowest BCUT2D eigenvalue weighted by molar-refractivity contribution is -0.166. The van der Waals surface area contributed by atoms with Crippen molar-refractivity contribution < 1.29 is 42.9 Å². The van der Waals surface area contributed by atoms with E-state index in [1.807, 2.05) is 39.8 Å². The summed E-state index contributed by atoms with van der Waals surface area (Å²) in [5, 5.41) is 0. The zero-order valence-corrected chi connectivity index (χ0v) is 36.5. The molecule has 9 nitrogen and oxygen atoms in total. The van der Waals surface area contributed by atoms with Crippen molar-refractivity contribution in [3.8, 4) is 0 Å². The molecule has 10 atom stereocenters. The average molecular weight is 797 g/mol. The highest BCUT2D eigenvalue weighted by atomic mass is 16.6. The Labute approximate surface area is 344 Å². The summed E-state index contributed by atoms with van der Waals surface area (Å²) in [6, 6.07) is 0. The Morgan fingerprint density at radius 2 is 1.30 bits per heavy atom. The van der Waals surface area contributed by atoms with Crippen LogP contribution in [-0.4, -0.2) is 61.5 Å². The van der Waals surface area contributed by atoms with Crippen molar-refractivity contribution in [3.05, 3.63) is 24.3 Å². The Morgan fingerprint density at radius 3 is 1.91 bits per heavy atom. The van der Waals surface area contributed by atoms with Gasteiger partial charge in [-0.3, -0.25) is 24.0 Å². The second-order valence-corrected chi connectivity index (χ2v) is 18.8. The molecular formula is C48H76O9. The van der Waals surface area contributed by atoms with Crippen LogP contribution in [0.1, 0.15) is 164 Å². The lowest BCUT2D eigenvalue weighted by Gasteiger charge is -2.61. The topological polar surface area (TPSA) is 122 Å². The van der Waals surface area contributed by atoms with Crippen LogP contribution in [0.5, 0.6) is 0 Å². The first-order chi connectivity index (χ1) is 27.2. The summed E-state index contributed by atoms with van der Waals surface area (Å²) in [5.41, 5.74) is 0.564. The number of rotatable bonds is 23. The first-order valence-corrected chi connectivity index (χ1v) is 22.6. The molecule has 0 aromatic heterocycles. The summed E-state index contributed by atoms with van der Waals surface area (Å²) in [5.74, 6) is 2.70. The predicted molar refractivity (Wildman–Crippen MR) is 222 cm³/mol. The van der Waals surface area contributed by atoms with E-state index in [1.54, 1.807) is 12.2 Å². The van der Waals surface area contributed by atoms with Gasteiger partial charge in [-0.1, -0.05) is 72.3 Å². The lowest BCUT2D eigenvalue weighted by Crippen LogP contribution is -2.54. The van der Waals surface area contributed by atoms with E-state index < -0.39 is 24.0 Å². The van der Waals surface area contributed by atoms with Crippen molar-refractivity contribution in [2.75, 3.05) is 19.8 Å². The molecule has 2 unspecified atom stereocenters.